The first-order chi connectivity index (χ1) is 13.9. The summed E-state index contributed by atoms with van der Waals surface area (Å²) < 4.78 is 11.1. The summed E-state index contributed by atoms with van der Waals surface area (Å²) >= 11 is 0. The highest BCUT2D eigenvalue weighted by molar-refractivity contribution is 5.86. The van der Waals surface area contributed by atoms with Crippen molar-refractivity contribution < 1.29 is 19.1 Å². The van der Waals surface area contributed by atoms with E-state index in [9.17, 15) is 9.59 Å². The van der Waals surface area contributed by atoms with Crippen LogP contribution in [0.25, 0.3) is 11.1 Å². The van der Waals surface area contributed by atoms with Gasteiger partial charge in [-0.15, -0.1) is 0 Å². The van der Waals surface area contributed by atoms with E-state index in [1.54, 1.807) is 11.8 Å². The minimum absolute atomic E-state index is 0.00919. The van der Waals surface area contributed by atoms with E-state index in [4.69, 9.17) is 9.47 Å². The molecule has 1 aliphatic carbocycles. The van der Waals surface area contributed by atoms with Crippen molar-refractivity contribution in [2.45, 2.75) is 38.5 Å². The lowest BCUT2D eigenvalue weighted by Gasteiger charge is -2.32. The molecule has 1 heterocycles. The van der Waals surface area contributed by atoms with Gasteiger partial charge in [0.25, 0.3) is 0 Å². The molecule has 2 aromatic rings. The summed E-state index contributed by atoms with van der Waals surface area (Å²) in [6.45, 7) is 6.59. The SMILES string of the molecule is C[C@H](NC(=O)OCC1c2ccccc2-c2ccccc21)C(=O)N1CCOC1(C)C. The van der Waals surface area contributed by atoms with Gasteiger partial charge in [-0.3, -0.25) is 4.79 Å². The maximum atomic E-state index is 12.7. The number of nitrogens with one attached hydrogen (secondary N) is 1. The molecule has 1 atom stereocenters. The molecule has 0 bridgehead atoms. The average Bonchev–Trinajstić information content (AvgIpc) is 3.22. The Kier molecular flexibility index (Phi) is 5.04. The summed E-state index contributed by atoms with van der Waals surface area (Å²) in [7, 11) is 0. The van der Waals surface area contributed by atoms with Crippen LogP contribution in [0, 0.1) is 0 Å². The molecule has 6 nitrogen and oxygen atoms in total. The molecule has 152 valence electrons. The van der Waals surface area contributed by atoms with Crippen molar-refractivity contribution in [3.05, 3.63) is 59.7 Å². The van der Waals surface area contributed by atoms with E-state index in [0.29, 0.717) is 13.2 Å². The molecule has 1 saturated heterocycles. The summed E-state index contributed by atoms with van der Waals surface area (Å²) in [4.78, 5) is 26.7. The number of hydrogen-bond donors (Lipinski definition) is 1. The number of nitrogens with zero attached hydrogens (tertiary/aromatic N) is 1. The van der Waals surface area contributed by atoms with Crippen molar-refractivity contribution in [3.63, 3.8) is 0 Å². The fourth-order valence-corrected chi connectivity index (χ4v) is 4.22. The van der Waals surface area contributed by atoms with E-state index in [0.717, 1.165) is 11.1 Å². The maximum Gasteiger partial charge on any atom is 0.407 e. The number of alkyl carbamates (subject to hydrolysis) is 1. The van der Waals surface area contributed by atoms with Crippen molar-refractivity contribution in [1.82, 2.24) is 10.2 Å². The second-order valence-electron chi connectivity index (χ2n) is 7.98. The van der Waals surface area contributed by atoms with E-state index < -0.39 is 17.9 Å². The zero-order chi connectivity index (χ0) is 20.6. The molecule has 1 fully saturated rings. The first-order valence-electron chi connectivity index (χ1n) is 9.95. The third-order valence-electron chi connectivity index (χ3n) is 5.73. The number of ether oxygens (including phenoxy) is 2. The number of carbonyl (C=O) groups excluding carboxylic acids is 2. The van der Waals surface area contributed by atoms with Crippen LogP contribution in [-0.2, 0) is 14.3 Å². The number of carbonyl (C=O) groups is 2. The molecule has 6 heteroatoms. The maximum absolute atomic E-state index is 12.7. The monoisotopic (exact) mass is 394 g/mol. The Morgan fingerprint density at radius 1 is 1.14 bits per heavy atom. The Hall–Kier alpha value is -2.86. The van der Waals surface area contributed by atoms with Crippen molar-refractivity contribution >= 4 is 12.0 Å². The van der Waals surface area contributed by atoms with Gasteiger partial charge in [-0.1, -0.05) is 48.5 Å². The van der Waals surface area contributed by atoms with Crippen molar-refractivity contribution in [3.8, 4) is 11.1 Å². The molecule has 0 unspecified atom stereocenters. The minimum atomic E-state index is -0.688. The Balaban J connectivity index is 1.39. The van der Waals surface area contributed by atoms with Crippen LogP contribution >= 0.6 is 0 Å². The van der Waals surface area contributed by atoms with Crippen LogP contribution in [-0.4, -0.2) is 48.4 Å². The standard InChI is InChI=1S/C23H26N2O4/c1-15(21(26)25-12-13-29-23(25,2)3)24-22(27)28-14-20-18-10-6-4-8-16(18)17-9-5-7-11-19(17)20/h4-11,15,20H,12-14H2,1-3H3,(H,24,27)/t15-/m0/s1. The molecule has 0 radical (unpaired) electrons. The van der Waals surface area contributed by atoms with Gasteiger partial charge in [0, 0.05) is 12.5 Å². The first kappa shape index (κ1) is 19.5. The molecule has 1 aliphatic heterocycles. The molecule has 0 aromatic heterocycles. The van der Waals surface area contributed by atoms with Crippen molar-refractivity contribution in [2.75, 3.05) is 19.8 Å². The van der Waals surface area contributed by atoms with E-state index >= 15 is 0 Å². The van der Waals surface area contributed by atoms with Gasteiger partial charge in [0.05, 0.1) is 6.61 Å². The lowest BCUT2D eigenvalue weighted by atomic mass is 9.98. The number of hydrogen-bond acceptors (Lipinski definition) is 4. The fourth-order valence-electron chi connectivity index (χ4n) is 4.22. The summed E-state index contributed by atoms with van der Waals surface area (Å²) in [5.74, 6) is -0.189. The van der Waals surface area contributed by atoms with Gasteiger partial charge in [0.2, 0.25) is 5.91 Å². The van der Waals surface area contributed by atoms with E-state index in [-0.39, 0.29) is 18.4 Å². The fraction of sp³-hybridized carbons (Fsp3) is 0.391. The number of amides is 2. The van der Waals surface area contributed by atoms with Gasteiger partial charge in [0.1, 0.15) is 18.4 Å². The second kappa shape index (κ2) is 7.52. The van der Waals surface area contributed by atoms with Crippen molar-refractivity contribution in [1.29, 1.82) is 0 Å². The zero-order valence-corrected chi connectivity index (χ0v) is 17.0. The number of benzene rings is 2. The number of rotatable bonds is 4. The van der Waals surface area contributed by atoms with E-state index in [2.05, 4.69) is 29.6 Å². The van der Waals surface area contributed by atoms with E-state index in [1.807, 2.05) is 38.1 Å². The molecule has 4 rings (SSSR count). The van der Waals surface area contributed by atoms with Crippen LogP contribution in [0.5, 0.6) is 0 Å². The van der Waals surface area contributed by atoms with Gasteiger partial charge in [-0.25, -0.2) is 4.79 Å². The molecule has 2 aromatic carbocycles. The highest BCUT2D eigenvalue weighted by Gasteiger charge is 2.39. The normalized spacial score (nSPS) is 18.1. The minimum Gasteiger partial charge on any atom is -0.449 e. The summed E-state index contributed by atoms with van der Waals surface area (Å²) in [5.41, 5.74) is 4.01. The quantitative estimate of drug-likeness (QED) is 0.862. The first-order valence-corrected chi connectivity index (χ1v) is 9.95. The molecule has 0 saturated carbocycles. The predicted octanol–water partition coefficient (Wildman–Crippen LogP) is 3.51. The van der Waals surface area contributed by atoms with Crippen LogP contribution < -0.4 is 5.32 Å². The third kappa shape index (κ3) is 3.60. The van der Waals surface area contributed by atoms with Crippen molar-refractivity contribution in [2.24, 2.45) is 0 Å². The molecule has 29 heavy (non-hydrogen) atoms. The van der Waals surface area contributed by atoms with Crippen LogP contribution in [0.4, 0.5) is 4.79 Å². The highest BCUT2D eigenvalue weighted by Crippen LogP contribution is 2.44. The summed E-state index contributed by atoms with van der Waals surface area (Å²) in [6, 6.07) is 15.7. The largest absolute Gasteiger partial charge is 0.449 e. The third-order valence-corrected chi connectivity index (χ3v) is 5.73. The topological polar surface area (TPSA) is 67.9 Å². The predicted molar refractivity (Wildman–Crippen MR) is 109 cm³/mol. The van der Waals surface area contributed by atoms with Gasteiger partial charge in [-0.05, 0) is 43.0 Å². The van der Waals surface area contributed by atoms with Crippen LogP contribution in [0.15, 0.2) is 48.5 Å². The molecule has 0 spiro atoms. The molecule has 1 N–H and O–H groups in total. The molecular weight excluding hydrogens is 368 g/mol. The Morgan fingerprint density at radius 3 is 2.28 bits per heavy atom. The second-order valence-corrected chi connectivity index (χ2v) is 7.98. The molecule has 2 aliphatic rings. The zero-order valence-electron chi connectivity index (χ0n) is 17.0. The Labute approximate surface area is 170 Å². The lowest BCUT2D eigenvalue weighted by Crippen LogP contribution is -2.52. The van der Waals surface area contributed by atoms with Crippen LogP contribution in [0.1, 0.15) is 37.8 Å². The van der Waals surface area contributed by atoms with Gasteiger partial charge in [-0.2, -0.15) is 0 Å². The van der Waals surface area contributed by atoms with Gasteiger partial charge < -0.3 is 19.7 Å². The average molecular weight is 394 g/mol. The molecular formula is C23H26N2O4. The number of fused-ring (bicyclic) bond motifs is 3. The lowest BCUT2D eigenvalue weighted by molar-refractivity contribution is -0.145. The Bertz CT molecular complexity index is 894. The highest BCUT2D eigenvalue weighted by atomic mass is 16.5. The summed E-state index contributed by atoms with van der Waals surface area (Å²) in [6.07, 6.45) is -0.592. The van der Waals surface area contributed by atoms with Gasteiger partial charge >= 0.3 is 6.09 Å². The summed E-state index contributed by atoms with van der Waals surface area (Å²) in [5, 5.41) is 2.66. The van der Waals surface area contributed by atoms with Crippen LogP contribution in [0.2, 0.25) is 0 Å². The molecule has 2 amide bonds. The van der Waals surface area contributed by atoms with Crippen LogP contribution in [0.3, 0.4) is 0 Å². The van der Waals surface area contributed by atoms with Gasteiger partial charge in [0.15, 0.2) is 0 Å². The Morgan fingerprint density at radius 2 is 1.72 bits per heavy atom. The smallest absolute Gasteiger partial charge is 0.407 e. The van der Waals surface area contributed by atoms with E-state index in [1.165, 1.54) is 11.1 Å².